The molecule has 2 N–H and O–H groups in total. The van der Waals surface area contributed by atoms with E-state index in [1.807, 2.05) is 0 Å². The number of aromatic amines is 1. The predicted molar refractivity (Wildman–Crippen MR) is 74.8 cm³/mol. The number of fused-ring (bicyclic) bond motifs is 1. The lowest BCUT2D eigenvalue weighted by Crippen LogP contribution is -2.11. The Morgan fingerprint density at radius 1 is 1.39 bits per heavy atom. The SMILES string of the molecule is Cc1nn(C)c2[nH]c(=O)cc(C(=O)O)c12.Cl.Cl.Cl. The van der Waals surface area contributed by atoms with Gasteiger partial charge >= 0.3 is 5.97 Å². The molecule has 0 aromatic carbocycles. The van der Waals surface area contributed by atoms with Crippen LogP contribution in [0.25, 0.3) is 11.0 Å². The number of hydrogen-bond acceptors (Lipinski definition) is 3. The van der Waals surface area contributed by atoms with E-state index in [1.165, 1.54) is 4.68 Å². The highest BCUT2D eigenvalue weighted by atomic mass is 35.5. The van der Waals surface area contributed by atoms with Crippen LogP contribution in [-0.4, -0.2) is 25.8 Å². The number of aromatic nitrogens is 3. The summed E-state index contributed by atoms with van der Waals surface area (Å²) in [5.41, 5.74) is 0.556. The number of carboxylic acid groups (broad SMARTS) is 1. The van der Waals surface area contributed by atoms with Gasteiger partial charge in [-0.2, -0.15) is 5.10 Å². The zero-order valence-corrected chi connectivity index (χ0v) is 11.9. The third-order valence-electron chi connectivity index (χ3n) is 2.24. The zero-order valence-electron chi connectivity index (χ0n) is 9.46. The van der Waals surface area contributed by atoms with Gasteiger partial charge in [-0.3, -0.25) is 9.48 Å². The highest BCUT2D eigenvalue weighted by molar-refractivity contribution is 6.02. The van der Waals surface area contributed by atoms with Crippen LogP contribution in [0.5, 0.6) is 0 Å². The van der Waals surface area contributed by atoms with Crippen molar-refractivity contribution >= 4 is 54.2 Å². The number of carbonyl (C=O) groups is 1. The van der Waals surface area contributed by atoms with Gasteiger partial charge in [0.15, 0.2) is 0 Å². The van der Waals surface area contributed by atoms with Gasteiger partial charge < -0.3 is 10.1 Å². The van der Waals surface area contributed by atoms with Gasteiger partial charge in [0, 0.05) is 13.1 Å². The van der Waals surface area contributed by atoms with Gasteiger partial charge in [-0.05, 0) is 6.92 Å². The van der Waals surface area contributed by atoms with Crippen molar-refractivity contribution in [1.82, 2.24) is 14.8 Å². The predicted octanol–water partition coefficient (Wildman–Crippen LogP) is 1.53. The molecule has 0 aliphatic carbocycles. The summed E-state index contributed by atoms with van der Waals surface area (Å²) in [6.45, 7) is 1.70. The fraction of sp³-hybridized carbons (Fsp3) is 0.222. The average Bonchev–Trinajstić information content (AvgIpc) is 2.41. The van der Waals surface area contributed by atoms with Crippen LogP contribution in [0.15, 0.2) is 10.9 Å². The Morgan fingerprint density at radius 2 is 1.94 bits per heavy atom. The van der Waals surface area contributed by atoms with E-state index in [4.69, 9.17) is 5.11 Å². The lowest BCUT2D eigenvalue weighted by molar-refractivity contribution is 0.0698. The molecule has 0 fully saturated rings. The fourth-order valence-corrected chi connectivity index (χ4v) is 1.65. The third kappa shape index (κ3) is 2.95. The smallest absolute Gasteiger partial charge is 0.336 e. The number of nitrogens with one attached hydrogen (secondary N) is 1. The molecule has 0 unspecified atom stereocenters. The van der Waals surface area contributed by atoms with Crippen LogP contribution in [0, 0.1) is 6.92 Å². The standard InChI is InChI=1S/C9H9N3O3.3ClH/c1-4-7-5(9(14)15)3-6(13)10-8(7)12(2)11-4;;;/h3H,1-2H3,(H,10,13)(H,14,15);3*1H. The minimum atomic E-state index is -1.12. The maximum atomic E-state index is 11.2. The first kappa shape index (κ1) is 19.1. The Hall–Kier alpha value is -1.24. The second-order valence-corrected chi connectivity index (χ2v) is 3.29. The summed E-state index contributed by atoms with van der Waals surface area (Å²) in [4.78, 5) is 24.7. The summed E-state index contributed by atoms with van der Waals surface area (Å²) in [7, 11) is 1.65. The van der Waals surface area contributed by atoms with Gasteiger partial charge in [-0.1, -0.05) is 0 Å². The number of aryl methyl sites for hydroxylation is 2. The molecule has 2 heterocycles. The maximum absolute atomic E-state index is 11.2. The minimum absolute atomic E-state index is 0. The molecule has 6 nitrogen and oxygen atoms in total. The van der Waals surface area contributed by atoms with E-state index >= 15 is 0 Å². The quantitative estimate of drug-likeness (QED) is 0.835. The molecule has 2 rings (SSSR count). The summed E-state index contributed by atoms with van der Waals surface area (Å²) < 4.78 is 1.46. The molecule has 0 aliphatic rings. The van der Waals surface area contributed by atoms with E-state index in [2.05, 4.69) is 10.1 Å². The summed E-state index contributed by atoms with van der Waals surface area (Å²) in [6, 6.07) is 1.07. The van der Waals surface area contributed by atoms with Gasteiger partial charge in [-0.15, -0.1) is 37.2 Å². The molecule has 102 valence electrons. The Kier molecular flexibility index (Phi) is 7.04. The summed E-state index contributed by atoms with van der Waals surface area (Å²) in [6.07, 6.45) is 0. The number of nitrogens with zero attached hydrogens (tertiary/aromatic N) is 2. The van der Waals surface area contributed by atoms with E-state index < -0.39 is 11.5 Å². The highest BCUT2D eigenvalue weighted by Crippen LogP contribution is 2.18. The molecule has 0 spiro atoms. The minimum Gasteiger partial charge on any atom is -0.478 e. The summed E-state index contributed by atoms with van der Waals surface area (Å²) >= 11 is 0. The number of aromatic carboxylic acids is 1. The molecule has 2 aromatic heterocycles. The first-order valence-electron chi connectivity index (χ1n) is 4.30. The molecular formula is C9H12Cl3N3O3. The van der Waals surface area contributed by atoms with Crippen molar-refractivity contribution in [2.75, 3.05) is 0 Å². The number of hydrogen-bond donors (Lipinski definition) is 2. The first-order valence-corrected chi connectivity index (χ1v) is 4.30. The van der Waals surface area contributed by atoms with Crippen molar-refractivity contribution in [3.8, 4) is 0 Å². The largest absolute Gasteiger partial charge is 0.478 e. The molecule has 0 atom stereocenters. The number of carboxylic acids is 1. The summed E-state index contributed by atoms with van der Waals surface area (Å²) in [5, 5.41) is 13.5. The van der Waals surface area contributed by atoms with Crippen LogP contribution in [0.4, 0.5) is 0 Å². The molecule has 0 amide bonds. The molecule has 0 saturated carbocycles. The molecule has 9 heteroatoms. The first-order chi connectivity index (χ1) is 7.00. The maximum Gasteiger partial charge on any atom is 0.336 e. The second-order valence-electron chi connectivity index (χ2n) is 3.29. The van der Waals surface area contributed by atoms with E-state index in [0.29, 0.717) is 16.7 Å². The van der Waals surface area contributed by atoms with E-state index in [9.17, 15) is 9.59 Å². The van der Waals surface area contributed by atoms with Crippen molar-refractivity contribution in [3.63, 3.8) is 0 Å². The van der Waals surface area contributed by atoms with Crippen LogP contribution in [0.2, 0.25) is 0 Å². The molecule has 18 heavy (non-hydrogen) atoms. The number of rotatable bonds is 1. The monoisotopic (exact) mass is 315 g/mol. The van der Waals surface area contributed by atoms with Crippen molar-refractivity contribution in [1.29, 1.82) is 0 Å². The third-order valence-corrected chi connectivity index (χ3v) is 2.24. The van der Waals surface area contributed by atoms with Gasteiger partial charge in [0.2, 0.25) is 5.56 Å². The molecule has 0 bridgehead atoms. The van der Waals surface area contributed by atoms with Gasteiger partial charge in [0.1, 0.15) is 5.65 Å². The van der Waals surface area contributed by atoms with Crippen LogP contribution < -0.4 is 5.56 Å². The van der Waals surface area contributed by atoms with E-state index in [-0.39, 0.29) is 42.8 Å². The zero-order chi connectivity index (χ0) is 11.2. The van der Waals surface area contributed by atoms with Crippen molar-refractivity contribution in [3.05, 3.63) is 27.7 Å². The molecule has 0 aliphatic heterocycles. The molecular weight excluding hydrogens is 304 g/mol. The number of pyridine rings is 1. The van der Waals surface area contributed by atoms with Crippen LogP contribution in [0.3, 0.4) is 0 Å². The normalized spacial score (nSPS) is 9.00. The average molecular weight is 317 g/mol. The van der Waals surface area contributed by atoms with Crippen molar-refractivity contribution in [2.45, 2.75) is 6.92 Å². The van der Waals surface area contributed by atoms with Crippen molar-refractivity contribution < 1.29 is 9.90 Å². The van der Waals surface area contributed by atoms with Crippen LogP contribution in [-0.2, 0) is 7.05 Å². The number of halogens is 3. The summed E-state index contributed by atoms with van der Waals surface area (Å²) in [5.74, 6) is -1.12. The fourth-order valence-electron chi connectivity index (χ4n) is 1.65. The van der Waals surface area contributed by atoms with Gasteiger partial charge in [-0.25, -0.2) is 4.79 Å². The molecule has 2 aromatic rings. The number of H-pyrrole nitrogens is 1. The molecule has 0 radical (unpaired) electrons. The Balaban J connectivity index is 0. The van der Waals surface area contributed by atoms with Crippen LogP contribution in [0.1, 0.15) is 16.1 Å². The van der Waals surface area contributed by atoms with E-state index in [0.717, 1.165) is 6.07 Å². The lowest BCUT2D eigenvalue weighted by Gasteiger charge is -1.97. The Morgan fingerprint density at radius 3 is 2.44 bits per heavy atom. The lowest BCUT2D eigenvalue weighted by atomic mass is 10.1. The van der Waals surface area contributed by atoms with Crippen LogP contribution >= 0.6 is 37.2 Å². The van der Waals surface area contributed by atoms with E-state index in [1.54, 1.807) is 14.0 Å². The Bertz CT molecular complexity index is 621. The van der Waals surface area contributed by atoms with Crippen molar-refractivity contribution in [2.24, 2.45) is 7.05 Å². The second kappa shape index (κ2) is 6.63. The highest BCUT2D eigenvalue weighted by Gasteiger charge is 2.15. The van der Waals surface area contributed by atoms with Gasteiger partial charge in [0.05, 0.1) is 16.6 Å². The topological polar surface area (TPSA) is 88.0 Å². The van der Waals surface area contributed by atoms with Gasteiger partial charge in [0.25, 0.3) is 0 Å². The molecule has 0 saturated heterocycles. The Labute approximate surface area is 121 Å².